The van der Waals surface area contributed by atoms with E-state index in [-0.39, 0.29) is 47.1 Å². The van der Waals surface area contributed by atoms with E-state index in [1.54, 1.807) is 0 Å². The highest BCUT2D eigenvalue weighted by Gasteiger charge is 2.66. The fourth-order valence-electron chi connectivity index (χ4n) is 8.13. The number of aliphatic hydroxyl groups is 1. The number of fused-ring (bicyclic) bond motifs is 5. The Labute approximate surface area is 177 Å². The quantitative estimate of drug-likeness (QED) is 0.708. The van der Waals surface area contributed by atoms with Gasteiger partial charge in [-0.1, -0.05) is 20.8 Å². The molecule has 166 valence electrons. The highest BCUT2D eigenvalue weighted by atomic mass is 19.1. The lowest BCUT2D eigenvalue weighted by atomic mass is 9.45. The van der Waals surface area contributed by atoms with Gasteiger partial charge in [-0.05, 0) is 65.9 Å². The summed E-state index contributed by atoms with van der Waals surface area (Å²) in [5, 5.41) is 9.59. The Hall–Kier alpha value is -1.56. The number of alkyl halides is 1. The highest BCUT2D eigenvalue weighted by Crippen LogP contribution is 2.68. The zero-order chi connectivity index (χ0) is 22.0. The molecule has 0 heterocycles. The van der Waals surface area contributed by atoms with Crippen LogP contribution in [0.3, 0.4) is 0 Å². The van der Waals surface area contributed by atoms with Crippen LogP contribution in [0, 0.1) is 40.4 Å². The maximum Gasteiger partial charge on any atom is 0.302 e. The first-order valence-electron chi connectivity index (χ1n) is 11.2. The molecule has 0 radical (unpaired) electrons. The normalized spacial score (nSPS) is 47.6. The van der Waals surface area contributed by atoms with Crippen molar-refractivity contribution in [2.45, 2.75) is 72.1 Å². The predicted molar refractivity (Wildman–Crippen MR) is 108 cm³/mol. The molecule has 3 saturated carbocycles. The van der Waals surface area contributed by atoms with Gasteiger partial charge in [0.1, 0.15) is 18.9 Å². The summed E-state index contributed by atoms with van der Waals surface area (Å²) in [6.45, 7) is 7.03. The number of carbonyl (C=O) groups excluding carboxylic acids is 3. The Kier molecular flexibility index (Phi) is 5.23. The minimum absolute atomic E-state index is 0.0302. The van der Waals surface area contributed by atoms with Gasteiger partial charge in [0.25, 0.3) is 0 Å². The Morgan fingerprint density at radius 1 is 1.30 bits per heavy atom. The molecule has 30 heavy (non-hydrogen) atoms. The van der Waals surface area contributed by atoms with Crippen LogP contribution in [-0.2, 0) is 19.1 Å². The molecule has 0 spiro atoms. The van der Waals surface area contributed by atoms with Crippen LogP contribution in [0.5, 0.6) is 0 Å². The van der Waals surface area contributed by atoms with Crippen molar-refractivity contribution < 1.29 is 28.6 Å². The summed E-state index contributed by atoms with van der Waals surface area (Å²) in [5.41, 5.74) is -0.405. The Bertz CT molecular complexity index is 805. The summed E-state index contributed by atoms with van der Waals surface area (Å²) >= 11 is 0. The number of allylic oxidation sites excluding steroid dienone is 1. The molecule has 0 aromatic carbocycles. The number of Topliss-reactive ketones (excluding diaryl/α,β-unsaturated/α-hetero) is 1. The Balaban J connectivity index is 1.82. The van der Waals surface area contributed by atoms with E-state index in [1.165, 1.54) is 13.0 Å². The van der Waals surface area contributed by atoms with E-state index in [9.17, 15) is 19.5 Å². The average molecular weight is 421 g/mol. The van der Waals surface area contributed by atoms with Gasteiger partial charge in [0.2, 0.25) is 0 Å². The minimum atomic E-state index is -1.19. The van der Waals surface area contributed by atoms with E-state index >= 15 is 4.39 Å². The van der Waals surface area contributed by atoms with Crippen molar-refractivity contribution in [2.24, 2.45) is 40.4 Å². The van der Waals surface area contributed by atoms with E-state index in [0.717, 1.165) is 6.42 Å². The summed E-state index contributed by atoms with van der Waals surface area (Å²) in [5.74, 6) is -0.779. The number of esters is 1. The van der Waals surface area contributed by atoms with Crippen molar-refractivity contribution in [3.8, 4) is 0 Å². The van der Waals surface area contributed by atoms with Crippen LogP contribution in [0.15, 0.2) is 11.6 Å². The number of halogens is 1. The second-order valence-corrected chi connectivity index (χ2v) is 10.7. The van der Waals surface area contributed by atoms with E-state index < -0.39 is 29.7 Å². The first kappa shape index (κ1) is 21.7. The second-order valence-electron chi connectivity index (χ2n) is 10.7. The van der Waals surface area contributed by atoms with Crippen LogP contribution in [0.2, 0.25) is 0 Å². The lowest BCUT2D eigenvalue weighted by Gasteiger charge is -2.60. The topological polar surface area (TPSA) is 80.7 Å². The number of ether oxygens (including phenoxy) is 1. The molecular weight excluding hydrogens is 387 g/mol. The first-order chi connectivity index (χ1) is 14.0. The molecule has 0 amide bonds. The molecule has 9 atom stereocenters. The van der Waals surface area contributed by atoms with Crippen molar-refractivity contribution in [1.82, 2.24) is 0 Å². The van der Waals surface area contributed by atoms with Gasteiger partial charge in [0.15, 0.2) is 11.6 Å². The molecule has 0 bridgehead atoms. The molecule has 4 aliphatic rings. The van der Waals surface area contributed by atoms with Crippen LogP contribution < -0.4 is 0 Å². The van der Waals surface area contributed by atoms with Crippen molar-refractivity contribution >= 4 is 17.5 Å². The lowest BCUT2D eigenvalue weighted by molar-refractivity contribution is -0.179. The molecule has 3 unspecified atom stereocenters. The van der Waals surface area contributed by atoms with Crippen LogP contribution in [-0.4, -0.2) is 41.5 Å². The fourth-order valence-corrected chi connectivity index (χ4v) is 8.13. The highest BCUT2D eigenvalue weighted by molar-refractivity contribution is 5.92. The van der Waals surface area contributed by atoms with Gasteiger partial charge >= 0.3 is 5.97 Å². The Morgan fingerprint density at radius 3 is 2.63 bits per heavy atom. The van der Waals surface area contributed by atoms with Crippen LogP contribution in [0.25, 0.3) is 0 Å². The molecule has 0 aliphatic heterocycles. The van der Waals surface area contributed by atoms with Gasteiger partial charge in [0, 0.05) is 25.2 Å². The third kappa shape index (κ3) is 3.01. The van der Waals surface area contributed by atoms with Crippen molar-refractivity contribution in [2.75, 3.05) is 6.61 Å². The predicted octanol–water partition coefficient (Wildman–Crippen LogP) is 3.43. The molecular formula is C24H33FO5. The van der Waals surface area contributed by atoms with Gasteiger partial charge < -0.3 is 9.84 Å². The molecule has 3 fully saturated rings. The second kappa shape index (κ2) is 7.25. The number of aliphatic hydroxyl groups excluding tert-OH is 1. The zero-order valence-corrected chi connectivity index (χ0v) is 18.3. The molecule has 0 aromatic rings. The summed E-state index contributed by atoms with van der Waals surface area (Å²) in [4.78, 5) is 36.8. The number of hydrogen-bond acceptors (Lipinski definition) is 5. The smallest absolute Gasteiger partial charge is 0.302 e. The third-order valence-corrected chi connectivity index (χ3v) is 9.01. The fraction of sp³-hybridized carbons (Fsp3) is 0.792. The van der Waals surface area contributed by atoms with Crippen molar-refractivity contribution in [3.63, 3.8) is 0 Å². The van der Waals surface area contributed by atoms with Crippen molar-refractivity contribution in [1.29, 1.82) is 0 Å². The zero-order valence-electron chi connectivity index (χ0n) is 18.3. The SMILES string of the molecule is CC(=O)OC1C[C@]2(C)[C@@H](C(=O)CO)C(C)C[C@H]2[C@@H]2CC(F)C3=CC(=O)CC[C@]3(C)[C@@H]12. The van der Waals surface area contributed by atoms with Gasteiger partial charge in [-0.25, -0.2) is 4.39 Å². The molecule has 4 aliphatic carbocycles. The maximum atomic E-state index is 15.5. The monoisotopic (exact) mass is 420 g/mol. The van der Waals surface area contributed by atoms with Crippen molar-refractivity contribution in [3.05, 3.63) is 11.6 Å². The van der Waals surface area contributed by atoms with Gasteiger partial charge in [-0.3, -0.25) is 14.4 Å². The summed E-state index contributed by atoms with van der Waals surface area (Å²) in [6.07, 6.45) is 2.46. The van der Waals surface area contributed by atoms with Gasteiger partial charge in [-0.2, -0.15) is 0 Å². The lowest BCUT2D eigenvalue weighted by Crippen LogP contribution is -2.59. The number of ketones is 2. The third-order valence-electron chi connectivity index (χ3n) is 9.01. The minimum Gasteiger partial charge on any atom is -0.462 e. The van der Waals surface area contributed by atoms with Gasteiger partial charge in [-0.15, -0.1) is 0 Å². The Morgan fingerprint density at radius 2 is 2.00 bits per heavy atom. The molecule has 5 nitrogen and oxygen atoms in total. The van der Waals surface area contributed by atoms with Crippen LogP contribution >= 0.6 is 0 Å². The standard InChI is InChI=1S/C24H33FO5/c1-12-7-16-15-9-18(25)17-8-14(28)5-6-23(17,3)22(15)20(30-13(2)27)10-24(16,4)21(12)19(29)11-26/h8,12,15-16,18,20-22,26H,5-7,9-11H2,1-4H3/t12?,15-,16-,18?,20?,21+,22+,23-,24-/m0/s1. The number of hydrogen-bond donors (Lipinski definition) is 1. The average Bonchev–Trinajstić information content (AvgIpc) is 2.92. The maximum absolute atomic E-state index is 15.5. The van der Waals surface area contributed by atoms with E-state index in [0.29, 0.717) is 31.3 Å². The summed E-state index contributed by atoms with van der Waals surface area (Å²) in [6, 6.07) is 0. The van der Waals surface area contributed by atoms with E-state index in [2.05, 4.69) is 6.92 Å². The largest absolute Gasteiger partial charge is 0.462 e. The summed E-state index contributed by atoms with van der Waals surface area (Å²) in [7, 11) is 0. The van der Waals surface area contributed by atoms with E-state index in [4.69, 9.17) is 4.74 Å². The molecule has 1 N–H and O–H groups in total. The summed E-state index contributed by atoms with van der Waals surface area (Å²) < 4.78 is 21.3. The molecule has 0 aromatic heterocycles. The molecule has 4 rings (SSSR count). The number of carbonyl (C=O) groups is 3. The molecule has 0 saturated heterocycles. The number of rotatable bonds is 3. The van der Waals surface area contributed by atoms with Crippen LogP contribution in [0.4, 0.5) is 4.39 Å². The first-order valence-corrected chi connectivity index (χ1v) is 11.2. The van der Waals surface area contributed by atoms with Gasteiger partial charge in [0.05, 0.1) is 0 Å². The van der Waals surface area contributed by atoms with Crippen LogP contribution in [0.1, 0.15) is 59.8 Å². The molecule has 6 heteroatoms. The van der Waals surface area contributed by atoms with E-state index in [1.807, 2.05) is 13.8 Å².